The van der Waals surface area contributed by atoms with Gasteiger partial charge in [0, 0.05) is 34.5 Å². The lowest BCUT2D eigenvalue weighted by Crippen LogP contribution is -2.25. The zero-order valence-electron chi connectivity index (χ0n) is 22.9. The fourth-order valence-electron chi connectivity index (χ4n) is 4.03. The van der Waals surface area contributed by atoms with Gasteiger partial charge in [-0.2, -0.15) is 28.8 Å². The number of benzene rings is 1. The van der Waals surface area contributed by atoms with Crippen LogP contribution in [0, 0.1) is 11.3 Å². The number of hydrogen-bond acceptors (Lipinski definition) is 11. The molecule has 0 aromatic heterocycles. The van der Waals surface area contributed by atoms with Crippen LogP contribution >= 0.6 is 35.3 Å². The molecule has 0 spiro atoms. The summed E-state index contributed by atoms with van der Waals surface area (Å²) in [4.78, 5) is 40.0. The van der Waals surface area contributed by atoms with E-state index in [0.29, 0.717) is 23.1 Å². The second-order valence-electron chi connectivity index (χ2n) is 9.32. The maximum atomic E-state index is 12.8. The molecule has 2 aliphatic rings. The van der Waals surface area contributed by atoms with E-state index in [1.54, 1.807) is 23.5 Å². The van der Waals surface area contributed by atoms with Gasteiger partial charge < -0.3 is 19.1 Å². The van der Waals surface area contributed by atoms with Crippen molar-refractivity contribution in [1.29, 1.82) is 5.26 Å². The Morgan fingerprint density at radius 1 is 1.02 bits per heavy atom. The monoisotopic (exact) mass is 604 g/mol. The molecule has 8 nitrogen and oxygen atoms in total. The first-order chi connectivity index (χ1) is 19.4. The quantitative estimate of drug-likeness (QED) is 0.0688. The fourth-order valence-corrected chi connectivity index (χ4v) is 7.39. The first-order valence-electron chi connectivity index (χ1n) is 13.5. The van der Waals surface area contributed by atoms with Crippen molar-refractivity contribution in [2.24, 2.45) is 0 Å². The highest BCUT2D eigenvalue weighted by Gasteiger charge is 2.31. The molecule has 1 aromatic rings. The van der Waals surface area contributed by atoms with Crippen LogP contribution in [-0.2, 0) is 28.6 Å². The number of ether oxygens (including phenoxy) is 3. The molecule has 2 aliphatic heterocycles. The molecule has 0 radical (unpaired) electrons. The predicted octanol–water partition coefficient (Wildman–Crippen LogP) is 5.73. The van der Waals surface area contributed by atoms with E-state index in [1.165, 1.54) is 17.3 Å². The van der Waals surface area contributed by atoms with Crippen LogP contribution in [0.1, 0.15) is 45.4 Å². The second-order valence-corrected chi connectivity index (χ2v) is 12.4. The van der Waals surface area contributed by atoms with Crippen molar-refractivity contribution in [1.82, 2.24) is 0 Å². The Morgan fingerprint density at radius 3 is 2.45 bits per heavy atom. The lowest BCUT2D eigenvalue weighted by Gasteiger charge is -2.21. The van der Waals surface area contributed by atoms with Gasteiger partial charge in [-0.05, 0) is 18.6 Å². The number of anilines is 1. The summed E-state index contributed by atoms with van der Waals surface area (Å²) in [6, 6.07) is 9.83. The number of thioether (sulfide) groups is 3. The zero-order chi connectivity index (χ0) is 28.7. The van der Waals surface area contributed by atoms with E-state index < -0.39 is 17.9 Å². The molecule has 1 saturated heterocycles. The van der Waals surface area contributed by atoms with E-state index in [2.05, 4.69) is 13.5 Å². The Kier molecular flexibility index (Phi) is 13.8. The molecule has 11 heteroatoms. The molecule has 0 unspecified atom stereocenters. The number of para-hydroxylation sites is 1. The molecular formula is C29H36N2O6S3. The number of fused-ring (bicyclic) bond motifs is 1. The van der Waals surface area contributed by atoms with Crippen LogP contribution in [0.4, 0.5) is 5.69 Å². The molecule has 216 valence electrons. The molecule has 1 aromatic carbocycles. The van der Waals surface area contributed by atoms with Crippen molar-refractivity contribution in [3.8, 4) is 6.07 Å². The van der Waals surface area contributed by atoms with E-state index in [1.807, 2.05) is 35.2 Å². The lowest BCUT2D eigenvalue weighted by molar-refractivity contribution is -0.154. The Balaban J connectivity index is 1.42. The van der Waals surface area contributed by atoms with E-state index in [9.17, 15) is 19.6 Å². The molecule has 0 bridgehead atoms. The van der Waals surface area contributed by atoms with Crippen molar-refractivity contribution in [2.45, 2.75) is 56.4 Å². The highest BCUT2D eigenvalue weighted by Crippen LogP contribution is 2.47. The minimum Gasteiger partial charge on any atom is -0.462 e. The van der Waals surface area contributed by atoms with Crippen LogP contribution in [0.2, 0.25) is 0 Å². The van der Waals surface area contributed by atoms with Crippen molar-refractivity contribution in [3.05, 3.63) is 47.0 Å². The summed E-state index contributed by atoms with van der Waals surface area (Å²) in [6.07, 6.45) is 3.88. The molecule has 40 heavy (non-hydrogen) atoms. The lowest BCUT2D eigenvalue weighted by atomic mass is 10.2. The summed E-state index contributed by atoms with van der Waals surface area (Å²) in [7, 11) is 0. The van der Waals surface area contributed by atoms with Crippen LogP contribution in [0.3, 0.4) is 0 Å². The fraction of sp³-hybridized carbons (Fsp3) is 0.517. The topological polar surface area (TPSA) is 106 Å². The molecular weight excluding hydrogens is 569 g/mol. The number of rotatable bonds is 13. The second kappa shape index (κ2) is 17.3. The number of carbonyl (C=O) groups excluding carboxylic acids is 3. The number of hydrogen-bond donors (Lipinski definition) is 0. The Morgan fingerprint density at radius 2 is 1.73 bits per heavy atom. The number of esters is 3. The standard InChI is InChI=1S/C29H36N2O6S3/c1-3-4-5-8-13-31-24-9-6-7-10-25(24)40-28(31)23(16-30)29(34)36-15-14-35-26(32)11-12-27(33)37-22-19-38-17-21(2)18-39-20-22/h6-7,9-10,22H,2-5,8,11-15,17-20H2,1H3. The Bertz CT molecular complexity index is 1120. The number of nitrogens with zero attached hydrogens (tertiary/aromatic N) is 2. The SMILES string of the molecule is C=C1CSCC(OC(=O)CCC(=O)OCCOC(=O)C(C#N)=C2Sc3ccccc3N2CCCCCC)CSC1. The van der Waals surface area contributed by atoms with Crippen molar-refractivity contribution in [2.75, 3.05) is 47.7 Å². The maximum absolute atomic E-state index is 12.8. The molecule has 3 rings (SSSR count). The van der Waals surface area contributed by atoms with Gasteiger partial charge >= 0.3 is 17.9 Å². The van der Waals surface area contributed by atoms with E-state index >= 15 is 0 Å². The minimum absolute atomic E-state index is 0.0689. The Labute approximate surface area is 249 Å². The van der Waals surface area contributed by atoms with Gasteiger partial charge in [0.1, 0.15) is 30.4 Å². The van der Waals surface area contributed by atoms with Crippen LogP contribution in [-0.4, -0.2) is 66.8 Å². The van der Waals surface area contributed by atoms with E-state index in [4.69, 9.17) is 14.2 Å². The van der Waals surface area contributed by atoms with E-state index in [-0.39, 0.29) is 37.7 Å². The largest absolute Gasteiger partial charge is 0.462 e. The normalized spacial score (nSPS) is 16.8. The van der Waals surface area contributed by atoms with Gasteiger partial charge in [0.05, 0.1) is 18.5 Å². The highest BCUT2D eigenvalue weighted by atomic mass is 32.2. The van der Waals surface area contributed by atoms with Crippen LogP contribution in [0.15, 0.2) is 51.9 Å². The van der Waals surface area contributed by atoms with Gasteiger partial charge in [0.25, 0.3) is 0 Å². The van der Waals surface area contributed by atoms with E-state index in [0.717, 1.165) is 47.8 Å². The molecule has 0 amide bonds. The maximum Gasteiger partial charge on any atom is 0.351 e. The molecule has 0 aliphatic carbocycles. The molecule has 0 saturated carbocycles. The summed E-state index contributed by atoms with van der Waals surface area (Å²) < 4.78 is 15.9. The van der Waals surface area contributed by atoms with Crippen LogP contribution in [0.25, 0.3) is 0 Å². The summed E-state index contributed by atoms with van der Waals surface area (Å²) in [5.74, 6) is 1.35. The highest BCUT2D eigenvalue weighted by molar-refractivity contribution is 8.03. The van der Waals surface area contributed by atoms with Gasteiger partial charge in [-0.15, -0.1) is 0 Å². The molecule has 0 N–H and O–H groups in total. The van der Waals surface area contributed by atoms with Crippen LogP contribution < -0.4 is 4.90 Å². The predicted molar refractivity (Wildman–Crippen MR) is 161 cm³/mol. The zero-order valence-corrected chi connectivity index (χ0v) is 25.3. The van der Waals surface area contributed by atoms with Gasteiger partial charge in [0.2, 0.25) is 0 Å². The van der Waals surface area contributed by atoms with Gasteiger partial charge in [-0.3, -0.25) is 9.59 Å². The van der Waals surface area contributed by atoms with Crippen molar-refractivity contribution < 1.29 is 28.6 Å². The minimum atomic E-state index is -0.755. The van der Waals surface area contributed by atoms with Gasteiger partial charge in [-0.25, -0.2) is 4.79 Å². The first kappa shape index (κ1) is 32.0. The Hall–Kier alpha value is -2.55. The average molecular weight is 605 g/mol. The number of unbranched alkanes of at least 4 members (excludes halogenated alkanes) is 3. The summed E-state index contributed by atoms with van der Waals surface area (Å²) in [5, 5.41) is 10.4. The molecule has 2 heterocycles. The van der Waals surface area contributed by atoms with Crippen molar-refractivity contribution >= 4 is 58.9 Å². The molecule has 1 fully saturated rings. The smallest absolute Gasteiger partial charge is 0.351 e. The average Bonchev–Trinajstić information content (AvgIpc) is 3.29. The van der Waals surface area contributed by atoms with Crippen molar-refractivity contribution in [3.63, 3.8) is 0 Å². The third-order valence-electron chi connectivity index (χ3n) is 6.00. The summed E-state index contributed by atoms with van der Waals surface area (Å²) in [6.45, 7) is 6.49. The van der Waals surface area contributed by atoms with Gasteiger partial charge in [-0.1, -0.05) is 62.2 Å². The summed E-state index contributed by atoms with van der Waals surface area (Å²) >= 11 is 4.76. The van der Waals surface area contributed by atoms with Gasteiger partial charge in [0.15, 0.2) is 5.57 Å². The van der Waals surface area contributed by atoms with Crippen LogP contribution in [0.5, 0.6) is 0 Å². The summed E-state index contributed by atoms with van der Waals surface area (Å²) in [5.41, 5.74) is 2.09. The number of carbonyl (C=O) groups is 3. The first-order valence-corrected chi connectivity index (χ1v) is 16.6. The third kappa shape index (κ3) is 10.1. The third-order valence-corrected chi connectivity index (χ3v) is 9.63. The molecule has 0 atom stereocenters. The number of nitriles is 1.